The van der Waals surface area contributed by atoms with Crippen LogP contribution in [0.3, 0.4) is 0 Å². The van der Waals surface area contributed by atoms with E-state index in [0.717, 1.165) is 18.9 Å². The van der Waals surface area contributed by atoms with Crippen molar-refractivity contribution in [3.05, 3.63) is 29.8 Å². The Hall–Kier alpha value is -1.02. The monoisotopic (exact) mass is 263 g/mol. The van der Waals surface area contributed by atoms with E-state index in [1.807, 2.05) is 0 Å². The summed E-state index contributed by atoms with van der Waals surface area (Å²) in [6.07, 6.45) is 3.53. The van der Waals surface area contributed by atoms with Crippen molar-refractivity contribution >= 4 is 0 Å². The van der Waals surface area contributed by atoms with Gasteiger partial charge in [-0.1, -0.05) is 46.2 Å². The Morgan fingerprint density at radius 2 is 1.79 bits per heavy atom. The van der Waals surface area contributed by atoms with Gasteiger partial charge in [-0.2, -0.15) is 0 Å². The topological polar surface area (TPSA) is 21.3 Å². The molecule has 1 aromatic carbocycles. The third-order valence-corrected chi connectivity index (χ3v) is 3.64. The zero-order valence-electron chi connectivity index (χ0n) is 12.9. The van der Waals surface area contributed by atoms with E-state index in [0.29, 0.717) is 12.0 Å². The molecule has 0 aliphatic heterocycles. The van der Waals surface area contributed by atoms with Crippen LogP contribution in [0.15, 0.2) is 24.3 Å². The molecule has 1 N–H and O–H groups in total. The molecule has 0 saturated carbocycles. The summed E-state index contributed by atoms with van der Waals surface area (Å²) >= 11 is 0. The van der Waals surface area contributed by atoms with Crippen molar-refractivity contribution in [3.8, 4) is 5.75 Å². The Labute approximate surface area is 118 Å². The maximum Gasteiger partial charge on any atom is 0.119 e. The highest BCUT2D eigenvalue weighted by atomic mass is 16.5. The lowest BCUT2D eigenvalue weighted by molar-refractivity contribution is 0.257. The lowest BCUT2D eigenvalue weighted by atomic mass is 9.99. The highest BCUT2D eigenvalue weighted by Crippen LogP contribution is 2.21. The summed E-state index contributed by atoms with van der Waals surface area (Å²) in [4.78, 5) is 0. The fourth-order valence-electron chi connectivity index (χ4n) is 2.21. The molecule has 0 heterocycles. The predicted octanol–water partition coefficient (Wildman–Crippen LogP) is 4.36. The molecule has 0 aliphatic carbocycles. The van der Waals surface area contributed by atoms with E-state index < -0.39 is 0 Å². The zero-order valence-corrected chi connectivity index (χ0v) is 12.9. The van der Waals surface area contributed by atoms with E-state index in [1.165, 1.54) is 24.8 Å². The van der Waals surface area contributed by atoms with Crippen LogP contribution in [0.1, 0.15) is 58.4 Å². The average molecular weight is 263 g/mol. The molecule has 2 heteroatoms. The summed E-state index contributed by atoms with van der Waals surface area (Å²) in [7, 11) is 0. The number of hydrogen-bond donors (Lipinski definition) is 1. The molecular weight excluding hydrogens is 234 g/mol. The average Bonchev–Trinajstić information content (AvgIpc) is 2.45. The summed E-state index contributed by atoms with van der Waals surface area (Å²) in [6, 6.07) is 9.02. The first kappa shape index (κ1) is 16.0. The highest BCUT2D eigenvalue weighted by Gasteiger charge is 2.07. The van der Waals surface area contributed by atoms with Gasteiger partial charge in [-0.3, -0.25) is 0 Å². The van der Waals surface area contributed by atoms with Crippen molar-refractivity contribution in [1.82, 2.24) is 5.32 Å². The standard InChI is InChI=1S/C17H29NO/c1-5-8-16(18-7-3)13-19-17-11-9-15(10-12-17)14(4)6-2/h9-12,14,16,18H,5-8,13H2,1-4H3. The molecule has 0 saturated heterocycles. The van der Waals surface area contributed by atoms with Gasteiger partial charge in [0.2, 0.25) is 0 Å². The lowest BCUT2D eigenvalue weighted by Crippen LogP contribution is -2.34. The van der Waals surface area contributed by atoms with Crippen molar-refractivity contribution in [2.75, 3.05) is 13.2 Å². The van der Waals surface area contributed by atoms with E-state index in [1.54, 1.807) is 0 Å². The molecule has 19 heavy (non-hydrogen) atoms. The van der Waals surface area contributed by atoms with Crippen molar-refractivity contribution in [2.24, 2.45) is 0 Å². The van der Waals surface area contributed by atoms with Gasteiger partial charge in [0.05, 0.1) is 0 Å². The van der Waals surface area contributed by atoms with Gasteiger partial charge in [0.25, 0.3) is 0 Å². The quantitative estimate of drug-likeness (QED) is 0.715. The Morgan fingerprint density at radius 3 is 2.32 bits per heavy atom. The fourth-order valence-corrected chi connectivity index (χ4v) is 2.21. The first-order valence-corrected chi connectivity index (χ1v) is 7.67. The number of rotatable bonds is 9. The second kappa shape index (κ2) is 8.98. The summed E-state index contributed by atoms with van der Waals surface area (Å²) in [5, 5.41) is 3.47. The Kier molecular flexibility index (Phi) is 7.57. The molecule has 1 rings (SSSR count). The van der Waals surface area contributed by atoms with Gasteiger partial charge >= 0.3 is 0 Å². The van der Waals surface area contributed by atoms with Gasteiger partial charge in [-0.15, -0.1) is 0 Å². The minimum Gasteiger partial charge on any atom is -0.492 e. The van der Waals surface area contributed by atoms with E-state index >= 15 is 0 Å². The molecule has 0 fully saturated rings. The number of likely N-dealkylation sites (N-methyl/N-ethyl adjacent to an activating group) is 1. The second-order valence-electron chi connectivity index (χ2n) is 5.23. The first-order valence-electron chi connectivity index (χ1n) is 7.67. The third-order valence-electron chi connectivity index (χ3n) is 3.64. The summed E-state index contributed by atoms with van der Waals surface area (Å²) in [6.45, 7) is 10.6. The van der Waals surface area contributed by atoms with E-state index in [-0.39, 0.29) is 0 Å². The second-order valence-corrected chi connectivity index (χ2v) is 5.23. The van der Waals surface area contributed by atoms with Crippen LogP contribution in [0.2, 0.25) is 0 Å². The third kappa shape index (κ3) is 5.65. The van der Waals surface area contributed by atoms with Gasteiger partial charge in [0.1, 0.15) is 12.4 Å². The zero-order chi connectivity index (χ0) is 14.1. The minimum absolute atomic E-state index is 0.462. The minimum atomic E-state index is 0.462. The summed E-state index contributed by atoms with van der Waals surface area (Å²) in [5.41, 5.74) is 1.40. The SMILES string of the molecule is CCCC(COc1ccc(C(C)CC)cc1)NCC. The first-order chi connectivity index (χ1) is 9.21. The molecule has 1 aromatic rings. The molecule has 0 bridgehead atoms. The number of nitrogens with one attached hydrogen (secondary N) is 1. The molecule has 0 amide bonds. The van der Waals surface area contributed by atoms with Crippen LogP contribution in [0, 0.1) is 0 Å². The highest BCUT2D eigenvalue weighted by molar-refractivity contribution is 5.29. The Morgan fingerprint density at radius 1 is 1.11 bits per heavy atom. The maximum atomic E-state index is 5.88. The molecule has 0 spiro atoms. The van der Waals surface area contributed by atoms with Gasteiger partial charge in [-0.25, -0.2) is 0 Å². The van der Waals surface area contributed by atoms with Crippen LogP contribution >= 0.6 is 0 Å². The summed E-state index contributed by atoms with van der Waals surface area (Å²) in [5.74, 6) is 1.61. The van der Waals surface area contributed by atoms with Gasteiger partial charge in [-0.05, 0) is 43.0 Å². The molecule has 0 radical (unpaired) electrons. The summed E-state index contributed by atoms with van der Waals surface area (Å²) < 4.78 is 5.88. The van der Waals surface area contributed by atoms with Crippen molar-refractivity contribution in [2.45, 2.75) is 58.9 Å². The maximum absolute atomic E-state index is 5.88. The van der Waals surface area contributed by atoms with Crippen LogP contribution in [-0.4, -0.2) is 19.2 Å². The molecule has 0 aromatic heterocycles. The predicted molar refractivity (Wildman–Crippen MR) is 83.0 cm³/mol. The van der Waals surface area contributed by atoms with E-state index in [9.17, 15) is 0 Å². The molecule has 2 unspecified atom stereocenters. The largest absolute Gasteiger partial charge is 0.492 e. The van der Waals surface area contributed by atoms with Gasteiger partial charge < -0.3 is 10.1 Å². The number of benzene rings is 1. The van der Waals surface area contributed by atoms with Crippen molar-refractivity contribution in [1.29, 1.82) is 0 Å². The smallest absolute Gasteiger partial charge is 0.119 e. The molecule has 2 nitrogen and oxygen atoms in total. The van der Waals surface area contributed by atoms with Gasteiger partial charge in [0, 0.05) is 6.04 Å². The molecule has 2 atom stereocenters. The van der Waals surface area contributed by atoms with Crippen LogP contribution in [0.5, 0.6) is 5.75 Å². The molecule has 108 valence electrons. The van der Waals surface area contributed by atoms with Crippen molar-refractivity contribution in [3.63, 3.8) is 0 Å². The lowest BCUT2D eigenvalue weighted by Gasteiger charge is -2.18. The molecule has 0 aliphatic rings. The fraction of sp³-hybridized carbons (Fsp3) is 0.647. The van der Waals surface area contributed by atoms with E-state index in [2.05, 4.69) is 57.3 Å². The van der Waals surface area contributed by atoms with Crippen LogP contribution in [-0.2, 0) is 0 Å². The van der Waals surface area contributed by atoms with E-state index in [4.69, 9.17) is 4.74 Å². The normalized spacial score (nSPS) is 14.1. The van der Waals surface area contributed by atoms with Crippen molar-refractivity contribution < 1.29 is 4.74 Å². The van der Waals surface area contributed by atoms with Crippen LogP contribution in [0.4, 0.5) is 0 Å². The van der Waals surface area contributed by atoms with Gasteiger partial charge in [0.15, 0.2) is 0 Å². The Bertz CT molecular complexity index is 328. The number of ether oxygens (including phenoxy) is 1. The Balaban J connectivity index is 2.48. The van der Waals surface area contributed by atoms with Crippen LogP contribution < -0.4 is 10.1 Å². The number of hydrogen-bond acceptors (Lipinski definition) is 2. The van der Waals surface area contributed by atoms with Crippen LogP contribution in [0.25, 0.3) is 0 Å². The molecular formula is C17H29NO.